The number of carbonyl (C=O) groups is 1. The van der Waals surface area contributed by atoms with Crippen molar-refractivity contribution >= 4 is 11.6 Å². The van der Waals surface area contributed by atoms with Gasteiger partial charge in [0.2, 0.25) is 0 Å². The molecular weight excluding hydrogens is 240 g/mol. The molecule has 0 bridgehead atoms. The van der Waals surface area contributed by atoms with Gasteiger partial charge in [-0.05, 0) is 31.0 Å². The highest BCUT2D eigenvalue weighted by atomic mass is 16.3. The number of benzene rings is 1. The fourth-order valence-corrected chi connectivity index (χ4v) is 2.57. The summed E-state index contributed by atoms with van der Waals surface area (Å²) < 4.78 is 0. The number of rotatable bonds is 1. The van der Waals surface area contributed by atoms with Crippen molar-refractivity contribution in [3.63, 3.8) is 0 Å². The summed E-state index contributed by atoms with van der Waals surface area (Å²) >= 11 is 0. The molecule has 0 saturated carbocycles. The number of carbonyl (C=O) groups excluding carboxylic acids is 1. The van der Waals surface area contributed by atoms with Gasteiger partial charge in [-0.15, -0.1) is 0 Å². The van der Waals surface area contributed by atoms with E-state index in [2.05, 4.69) is 4.98 Å². The Balaban J connectivity index is 2.03. The minimum absolute atomic E-state index is 0.0796. The number of hydrogen-bond acceptors (Lipinski definition) is 3. The van der Waals surface area contributed by atoms with E-state index in [1.165, 1.54) is 12.4 Å². The molecule has 19 heavy (non-hydrogen) atoms. The van der Waals surface area contributed by atoms with E-state index in [0.29, 0.717) is 5.56 Å². The lowest BCUT2D eigenvalue weighted by Crippen LogP contribution is -2.35. The third-order valence-electron chi connectivity index (χ3n) is 3.46. The lowest BCUT2D eigenvalue weighted by atomic mass is 10.1. The Kier molecular flexibility index (Phi) is 2.71. The van der Waals surface area contributed by atoms with Crippen molar-refractivity contribution in [3.05, 3.63) is 53.9 Å². The van der Waals surface area contributed by atoms with Crippen LogP contribution in [0.1, 0.15) is 22.8 Å². The molecule has 0 fully saturated rings. The molecule has 1 aliphatic heterocycles. The van der Waals surface area contributed by atoms with Gasteiger partial charge < -0.3 is 10.0 Å². The number of nitrogens with zero attached hydrogens (tertiary/aromatic N) is 2. The van der Waals surface area contributed by atoms with E-state index in [1.807, 2.05) is 31.2 Å². The number of amides is 1. The monoisotopic (exact) mass is 254 g/mol. The van der Waals surface area contributed by atoms with Crippen LogP contribution < -0.4 is 4.90 Å². The summed E-state index contributed by atoms with van der Waals surface area (Å²) in [5.41, 5.74) is 2.38. The molecule has 1 atom stereocenters. The molecule has 0 radical (unpaired) electrons. The van der Waals surface area contributed by atoms with Gasteiger partial charge >= 0.3 is 0 Å². The van der Waals surface area contributed by atoms with Gasteiger partial charge in [0, 0.05) is 17.9 Å². The minimum Gasteiger partial charge on any atom is -0.505 e. The fourth-order valence-electron chi connectivity index (χ4n) is 2.57. The zero-order valence-electron chi connectivity index (χ0n) is 10.6. The summed E-state index contributed by atoms with van der Waals surface area (Å²) in [5.74, 6) is -0.263. The van der Waals surface area contributed by atoms with Crippen LogP contribution in [0.3, 0.4) is 0 Å². The molecule has 0 spiro atoms. The third kappa shape index (κ3) is 1.85. The molecular formula is C15H14N2O2. The van der Waals surface area contributed by atoms with Crippen LogP contribution in [0.25, 0.3) is 0 Å². The topological polar surface area (TPSA) is 53.4 Å². The van der Waals surface area contributed by atoms with Crippen molar-refractivity contribution in [2.24, 2.45) is 0 Å². The maximum atomic E-state index is 12.6. The first-order chi connectivity index (χ1) is 9.18. The summed E-state index contributed by atoms with van der Waals surface area (Å²) in [5, 5.41) is 9.77. The fraction of sp³-hybridized carbons (Fsp3) is 0.200. The average molecular weight is 254 g/mol. The average Bonchev–Trinajstić information content (AvgIpc) is 2.74. The Bertz CT molecular complexity index is 640. The van der Waals surface area contributed by atoms with Crippen LogP contribution in [0, 0.1) is 0 Å². The summed E-state index contributed by atoms with van der Waals surface area (Å²) in [6, 6.07) is 9.51. The standard InChI is InChI=1S/C15H14N2O2/c1-10-8-11-4-2-3-5-13(11)17(10)15(19)12-6-7-16-9-14(12)18/h2-7,9-10,18H,8H2,1H3. The molecule has 4 heteroatoms. The third-order valence-corrected chi connectivity index (χ3v) is 3.46. The Hall–Kier alpha value is -2.36. The molecule has 4 nitrogen and oxygen atoms in total. The summed E-state index contributed by atoms with van der Waals surface area (Å²) in [4.78, 5) is 18.1. The lowest BCUT2D eigenvalue weighted by Gasteiger charge is -2.23. The molecule has 96 valence electrons. The number of aromatic hydroxyl groups is 1. The summed E-state index contributed by atoms with van der Waals surface area (Å²) in [6.45, 7) is 2.01. The van der Waals surface area contributed by atoms with E-state index < -0.39 is 0 Å². The van der Waals surface area contributed by atoms with E-state index in [1.54, 1.807) is 11.0 Å². The molecule has 2 heterocycles. The highest BCUT2D eigenvalue weighted by Gasteiger charge is 2.32. The molecule has 0 aliphatic carbocycles. The second-order valence-corrected chi connectivity index (χ2v) is 4.75. The lowest BCUT2D eigenvalue weighted by molar-refractivity contribution is 0.0978. The van der Waals surface area contributed by atoms with Crippen LogP contribution in [0.2, 0.25) is 0 Å². The molecule has 3 rings (SSSR count). The molecule has 1 aliphatic rings. The van der Waals surface area contributed by atoms with E-state index in [9.17, 15) is 9.90 Å². The first kappa shape index (κ1) is 11.7. The number of fused-ring (bicyclic) bond motifs is 1. The van der Waals surface area contributed by atoms with E-state index >= 15 is 0 Å². The minimum atomic E-state index is -0.183. The highest BCUT2D eigenvalue weighted by Crippen LogP contribution is 2.34. The SMILES string of the molecule is CC1Cc2ccccc2N1C(=O)c1ccncc1O. The van der Waals surface area contributed by atoms with Crippen molar-refractivity contribution < 1.29 is 9.90 Å². The van der Waals surface area contributed by atoms with E-state index in [-0.39, 0.29) is 17.7 Å². The Morgan fingerprint density at radius 2 is 2.16 bits per heavy atom. The Morgan fingerprint density at radius 1 is 1.37 bits per heavy atom. The maximum Gasteiger partial charge on any atom is 0.262 e. The number of para-hydroxylation sites is 1. The predicted molar refractivity (Wildman–Crippen MR) is 72.3 cm³/mol. The zero-order chi connectivity index (χ0) is 13.4. The van der Waals surface area contributed by atoms with Gasteiger partial charge in [-0.2, -0.15) is 0 Å². The van der Waals surface area contributed by atoms with Crippen molar-refractivity contribution in [2.75, 3.05) is 4.90 Å². The number of anilines is 1. The van der Waals surface area contributed by atoms with Crippen LogP contribution in [0.15, 0.2) is 42.7 Å². The zero-order valence-corrected chi connectivity index (χ0v) is 10.6. The second-order valence-electron chi connectivity index (χ2n) is 4.75. The van der Waals surface area contributed by atoms with Crippen LogP contribution in [-0.2, 0) is 6.42 Å². The summed E-state index contributed by atoms with van der Waals surface area (Å²) in [6.07, 6.45) is 3.65. The van der Waals surface area contributed by atoms with Gasteiger partial charge in [-0.3, -0.25) is 9.78 Å². The normalized spacial score (nSPS) is 17.3. The number of aromatic nitrogens is 1. The smallest absolute Gasteiger partial charge is 0.262 e. The van der Waals surface area contributed by atoms with Gasteiger partial charge in [0.05, 0.1) is 11.8 Å². The number of hydrogen-bond donors (Lipinski definition) is 1. The predicted octanol–water partition coefficient (Wildman–Crippen LogP) is 2.38. The number of pyridine rings is 1. The molecule has 1 N–H and O–H groups in total. The second kappa shape index (κ2) is 4.39. The van der Waals surface area contributed by atoms with Crippen LogP contribution in [0.4, 0.5) is 5.69 Å². The molecule has 1 amide bonds. The first-order valence-electron chi connectivity index (χ1n) is 6.23. The van der Waals surface area contributed by atoms with Gasteiger partial charge in [0.25, 0.3) is 5.91 Å². The van der Waals surface area contributed by atoms with Crippen molar-refractivity contribution in [1.82, 2.24) is 4.98 Å². The van der Waals surface area contributed by atoms with Gasteiger partial charge in [-0.1, -0.05) is 18.2 Å². The van der Waals surface area contributed by atoms with Gasteiger partial charge in [-0.25, -0.2) is 0 Å². The van der Waals surface area contributed by atoms with E-state index in [0.717, 1.165) is 17.7 Å². The molecule has 1 aromatic heterocycles. The summed E-state index contributed by atoms with van der Waals surface area (Å²) in [7, 11) is 0. The molecule has 2 aromatic rings. The Morgan fingerprint density at radius 3 is 2.95 bits per heavy atom. The van der Waals surface area contributed by atoms with Gasteiger partial charge in [0.15, 0.2) is 0 Å². The van der Waals surface area contributed by atoms with Crippen LogP contribution >= 0.6 is 0 Å². The first-order valence-corrected chi connectivity index (χ1v) is 6.23. The Labute approximate surface area is 111 Å². The maximum absolute atomic E-state index is 12.6. The van der Waals surface area contributed by atoms with Crippen molar-refractivity contribution in [1.29, 1.82) is 0 Å². The molecule has 0 saturated heterocycles. The molecule has 1 aromatic carbocycles. The quantitative estimate of drug-likeness (QED) is 0.850. The van der Waals surface area contributed by atoms with Crippen LogP contribution in [0.5, 0.6) is 5.75 Å². The molecule has 1 unspecified atom stereocenters. The van der Waals surface area contributed by atoms with Crippen molar-refractivity contribution in [3.8, 4) is 5.75 Å². The van der Waals surface area contributed by atoms with E-state index in [4.69, 9.17) is 0 Å². The highest BCUT2D eigenvalue weighted by molar-refractivity contribution is 6.09. The van der Waals surface area contributed by atoms with Crippen LogP contribution in [-0.4, -0.2) is 22.0 Å². The van der Waals surface area contributed by atoms with Crippen molar-refractivity contribution in [2.45, 2.75) is 19.4 Å². The largest absolute Gasteiger partial charge is 0.505 e. The van der Waals surface area contributed by atoms with Gasteiger partial charge in [0.1, 0.15) is 5.75 Å².